The van der Waals surface area contributed by atoms with E-state index in [2.05, 4.69) is 10.6 Å². The number of hydrogen-bond acceptors (Lipinski definition) is 3. The van der Waals surface area contributed by atoms with E-state index >= 15 is 0 Å². The van der Waals surface area contributed by atoms with Gasteiger partial charge in [-0.3, -0.25) is 4.79 Å². The molecule has 0 atom stereocenters. The number of carbonyl (C=O) groups excluding carboxylic acids is 1. The quantitative estimate of drug-likeness (QED) is 0.741. The fraction of sp³-hybridized carbons (Fsp3) is 0.333. The van der Waals surface area contributed by atoms with Crippen molar-refractivity contribution >= 4 is 28.8 Å². The van der Waals surface area contributed by atoms with Crippen molar-refractivity contribution in [2.75, 3.05) is 12.4 Å². The highest BCUT2D eigenvalue weighted by molar-refractivity contribution is 7.80. The number of benzene rings is 1. The molecule has 1 aliphatic heterocycles. The standard InChI is InChI=1S/C12H12N2O2S/c1-13-11(17)14-7-2-3-9-8(6-7)10(15)12(16-9)4-5-12/h2-3,6H,4-5H2,1H3,(H2,13,14,17). The minimum atomic E-state index is -0.523. The maximum Gasteiger partial charge on any atom is 0.210 e. The summed E-state index contributed by atoms with van der Waals surface area (Å²) >= 11 is 5.01. The zero-order valence-corrected chi connectivity index (χ0v) is 10.2. The number of nitrogens with one attached hydrogen (secondary N) is 2. The van der Waals surface area contributed by atoms with Gasteiger partial charge in [0, 0.05) is 12.7 Å². The van der Waals surface area contributed by atoms with Crippen molar-refractivity contribution in [3.63, 3.8) is 0 Å². The first kappa shape index (κ1) is 10.5. The lowest BCUT2D eigenvalue weighted by Gasteiger charge is -2.07. The molecule has 0 aromatic heterocycles. The SMILES string of the molecule is CNC(=S)Nc1ccc2c(c1)C(=O)C1(CC1)O2. The molecule has 1 aromatic rings. The van der Waals surface area contributed by atoms with E-state index in [4.69, 9.17) is 17.0 Å². The predicted octanol–water partition coefficient (Wildman–Crippen LogP) is 1.71. The second-order valence-electron chi connectivity index (χ2n) is 4.34. The number of fused-ring (bicyclic) bond motifs is 1. The number of anilines is 1. The number of Topliss-reactive ketones (excluding diaryl/α,β-unsaturated/α-hetero) is 1. The summed E-state index contributed by atoms with van der Waals surface area (Å²) in [6, 6.07) is 5.48. The van der Waals surface area contributed by atoms with Gasteiger partial charge in [0.1, 0.15) is 5.75 Å². The predicted molar refractivity (Wildman–Crippen MR) is 68.6 cm³/mol. The van der Waals surface area contributed by atoms with Crippen LogP contribution < -0.4 is 15.4 Å². The number of ether oxygens (including phenoxy) is 1. The Morgan fingerprint density at radius 2 is 2.24 bits per heavy atom. The molecule has 1 fully saturated rings. The van der Waals surface area contributed by atoms with Crippen molar-refractivity contribution in [1.29, 1.82) is 0 Å². The Morgan fingerprint density at radius 1 is 1.47 bits per heavy atom. The number of ketones is 1. The van der Waals surface area contributed by atoms with Gasteiger partial charge in [-0.1, -0.05) is 0 Å². The average molecular weight is 248 g/mol. The number of rotatable bonds is 1. The summed E-state index contributed by atoms with van der Waals surface area (Å²) in [6.45, 7) is 0. The Labute approximate surface area is 104 Å². The minimum absolute atomic E-state index is 0.103. The van der Waals surface area contributed by atoms with Crippen molar-refractivity contribution < 1.29 is 9.53 Å². The third-order valence-corrected chi connectivity index (χ3v) is 3.44. The third-order valence-electron chi connectivity index (χ3n) is 3.13. The first-order valence-electron chi connectivity index (χ1n) is 5.51. The molecule has 0 bridgehead atoms. The van der Waals surface area contributed by atoms with Crippen molar-refractivity contribution in [3.8, 4) is 5.75 Å². The van der Waals surface area contributed by atoms with Gasteiger partial charge in [0.2, 0.25) is 5.78 Å². The molecule has 1 spiro atoms. The molecule has 88 valence electrons. The first-order chi connectivity index (χ1) is 8.14. The number of thiocarbonyl (C=S) groups is 1. The van der Waals surface area contributed by atoms with Gasteiger partial charge in [-0.25, -0.2) is 0 Å². The lowest BCUT2D eigenvalue weighted by Crippen LogP contribution is -2.24. The van der Waals surface area contributed by atoms with E-state index in [1.165, 1.54) is 0 Å². The maximum atomic E-state index is 12.1. The van der Waals surface area contributed by atoms with Gasteiger partial charge in [0.25, 0.3) is 0 Å². The molecule has 1 aliphatic carbocycles. The van der Waals surface area contributed by atoms with Gasteiger partial charge in [-0.15, -0.1) is 0 Å². The van der Waals surface area contributed by atoms with Gasteiger partial charge in [0.05, 0.1) is 5.56 Å². The van der Waals surface area contributed by atoms with Gasteiger partial charge in [-0.05, 0) is 43.3 Å². The third kappa shape index (κ3) is 1.58. The highest BCUT2D eigenvalue weighted by Crippen LogP contribution is 2.50. The number of hydrogen-bond donors (Lipinski definition) is 2. The molecule has 2 aliphatic rings. The van der Waals surface area contributed by atoms with Crippen LogP contribution in [-0.2, 0) is 0 Å². The van der Waals surface area contributed by atoms with E-state index in [1.54, 1.807) is 13.1 Å². The Bertz CT molecular complexity index is 523. The van der Waals surface area contributed by atoms with Crippen LogP contribution >= 0.6 is 12.2 Å². The van der Waals surface area contributed by atoms with Crippen LogP contribution in [0.1, 0.15) is 23.2 Å². The summed E-state index contributed by atoms with van der Waals surface area (Å²) in [4.78, 5) is 12.1. The van der Waals surface area contributed by atoms with E-state index in [-0.39, 0.29) is 5.78 Å². The molecule has 4 nitrogen and oxygen atoms in total. The maximum absolute atomic E-state index is 12.1. The Morgan fingerprint density at radius 3 is 2.88 bits per heavy atom. The molecule has 17 heavy (non-hydrogen) atoms. The van der Waals surface area contributed by atoms with Crippen molar-refractivity contribution in [3.05, 3.63) is 23.8 Å². The van der Waals surface area contributed by atoms with E-state index in [0.29, 0.717) is 16.4 Å². The topological polar surface area (TPSA) is 50.4 Å². The van der Waals surface area contributed by atoms with Crippen LogP contribution in [0.3, 0.4) is 0 Å². The molecule has 0 unspecified atom stereocenters. The molecule has 1 aromatic carbocycles. The summed E-state index contributed by atoms with van der Waals surface area (Å²) in [5.74, 6) is 0.792. The van der Waals surface area contributed by atoms with Gasteiger partial charge >= 0.3 is 0 Å². The Hall–Kier alpha value is -1.62. The normalized spacial score (nSPS) is 18.5. The number of carbonyl (C=O) groups is 1. The molecule has 1 saturated carbocycles. The summed E-state index contributed by atoms with van der Waals surface area (Å²) in [6.07, 6.45) is 1.66. The van der Waals surface area contributed by atoms with Gasteiger partial charge in [-0.2, -0.15) is 0 Å². The van der Waals surface area contributed by atoms with Crippen LogP contribution in [0.25, 0.3) is 0 Å². The molecule has 2 N–H and O–H groups in total. The zero-order valence-electron chi connectivity index (χ0n) is 9.37. The van der Waals surface area contributed by atoms with Crippen LogP contribution in [0, 0.1) is 0 Å². The molecule has 0 saturated heterocycles. The highest BCUT2D eigenvalue weighted by atomic mass is 32.1. The van der Waals surface area contributed by atoms with E-state index in [0.717, 1.165) is 18.5 Å². The molecular formula is C12H12N2O2S. The molecule has 3 rings (SSSR count). The van der Waals surface area contributed by atoms with Crippen LogP contribution in [0.15, 0.2) is 18.2 Å². The summed E-state index contributed by atoms with van der Waals surface area (Å²) in [5.41, 5.74) is 0.939. The van der Waals surface area contributed by atoms with Crippen LogP contribution in [0.2, 0.25) is 0 Å². The second kappa shape index (κ2) is 3.43. The smallest absolute Gasteiger partial charge is 0.210 e. The van der Waals surface area contributed by atoms with E-state index in [9.17, 15) is 4.79 Å². The molecule has 0 radical (unpaired) electrons. The average Bonchev–Trinajstić information content (AvgIpc) is 3.05. The van der Waals surface area contributed by atoms with Gasteiger partial charge in [0.15, 0.2) is 10.7 Å². The molecule has 0 amide bonds. The molecule has 1 heterocycles. The Balaban J connectivity index is 1.90. The fourth-order valence-electron chi connectivity index (χ4n) is 2.01. The highest BCUT2D eigenvalue weighted by Gasteiger charge is 2.57. The van der Waals surface area contributed by atoms with Gasteiger partial charge < -0.3 is 15.4 Å². The minimum Gasteiger partial charge on any atom is -0.478 e. The van der Waals surface area contributed by atoms with Crippen LogP contribution in [0.4, 0.5) is 5.69 Å². The van der Waals surface area contributed by atoms with E-state index in [1.807, 2.05) is 12.1 Å². The monoisotopic (exact) mass is 248 g/mol. The molecule has 5 heteroatoms. The van der Waals surface area contributed by atoms with Crippen LogP contribution in [-0.4, -0.2) is 23.5 Å². The van der Waals surface area contributed by atoms with Crippen molar-refractivity contribution in [2.45, 2.75) is 18.4 Å². The van der Waals surface area contributed by atoms with Crippen molar-refractivity contribution in [1.82, 2.24) is 5.32 Å². The summed E-state index contributed by atoms with van der Waals surface area (Å²) < 4.78 is 5.68. The lowest BCUT2D eigenvalue weighted by atomic mass is 10.1. The largest absolute Gasteiger partial charge is 0.478 e. The summed E-state index contributed by atoms with van der Waals surface area (Å²) in [7, 11) is 1.75. The second-order valence-corrected chi connectivity index (χ2v) is 4.75. The fourth-order valence-corrected chi connectivity index (χ4v) is 2.13. The zero-order chi connectivity index (χ0) is 12.0. The van der Waals surface area contributed by atoms with E-state index < -0.39 is 5.60 Å². The molecular weight excluding hydrogens is 236 g/mol. The Kier molecular flexibility index (Phi) is 2.13. The first-order valence-corrected chi connectivity index (χ1v) is 5.92. The lowest BCUT2D eigenvalue weighted by molar-refractivity contribution is 0.0820. The summed E-state index contributed by atoms with van der Waals surface area (Å²) in [5, 5.41) is 6.35. The van der Waals surface area contributed by atoms with Crippen LogP contribution in [0.5, 0.6) is 5.75 Å². The van der Waals surface area contributed by atoms with Crippen molar-refractivity contribution in [2.24, 2.45) is 0 Å².